The van der Waals surface area contributed by atoms with Gasteiger partial charge in [-0.3, -0.25) is 4.98 Å². The average molecular weight is 269 g/mol. The Morgan fingerprint density at radius 3 is 2.80 bits per heavy atom. The smallest absolute Gasteiger partial charge is 0.0413 e. The number of halogens is 1. The lowest BCUT2D eigenvalue weighted by molar-refractivity contribution is 0.402. The maximum absolute atomic E-state index is 4.37. The van der Waals surface area contributed by atoms with Crippen LogP contribution in [0.5, 0.6) is 0 Å². The van der Waals surface area contributed by atoms with Gasteiger partial charge < -0.3 is 5.32 Å². The molecular formula is C12H17BrN2. The van der Waals surface area contributed by atoms with Crippen LogP contribution in [-0.4, -0.2) is 18.6 Å². The second kappa shape index (κ2) is 5.42. The number of aromatic nitrogens is 1. The molecule has 3 heteroatoms. The summed E-state index contributed by atoms with van der Waals surface area (Å²) in [6.45, 7) is 6.98. The Balaban J connectivity index is 2.74. The highest BCUT2D eigenvalue weighted by molar-refractivity contribution is 9.10. The molecule has 2 nitrogen and oxygen atoms in total. The summed E-state index contributed by atoms with van der Waals surface area (Å²) in [7, 11) is 1.96. The highest BCUT2D eigenvalue weighted by Crippen LogP contribution is 2.22. The Morgan fingerprint density at radius 1 is 1.60 bits per heavy atom. The maximum atomic E-state index is 4.37. The molecule has 0 radical (unpaired) electrons. The molecule has 0 amide bonds. The van der Waals surface area contributed by atoms with Crippen molar-refractivity contribution in [3.63, 3.8) is 0 Å². The van der Waals surface area contributed by atoms with Gasteiger partial charge in [0.1, 0.15) is 0 Å². The summed E-state index contributed by atoms with van der Waals surface area (Å²) in [6, 6.07) is 4.06. The van der Waals surface area contributed by atoms with E-state index in [1.807, 2.05) is 31.5 Å². The van der Waals surface area contributed by atoms with Crippen molar-refractivity contribution in [3.05, 3.63) is 41.2 Å². The summed E-state index contributed by atoms with van der Waals surface area (Å²) in [6.07, 6.45) is 4.73. The Morgan fingerprint density at radius 2 is 2.33 bits per heavy atom. The number of hydrogen-bond acceptors (Lipinski definition) is 2. The van der Waals surface area contributed by atoms with E-state index in [9.17, 15) is 0 Å². The average Bonchev–Trinajstić information content (AvgIpc) is 2.22. The minimum atomic E-state index is 0.0651. The van der Waals surface area contributed by atoms with Crippen LogP contribution in [0, 0.1) is 5.41 Å². The van der Waals surface area contributed by atoms with E-state index < -0.39 is 0 Å². The summed E-state index contributed by atoms with van der Waals surface area (Å²) in [5, 5.41) is 3.18. The van der Waals surface area contributed by atoms with Gasteiger partial charge in [0.15, 0.2) is 0 Å². The van der Waals surface area contributed by atoms with Crippen LogP contribution in [0.3, 0.4) is 0 Å². The number of rotatable bonds is 5. The molecule has 1 N–H and O–H groups in total. The lowest BCUT2D eigenvalue weighted by Crippen LogP contribution is -2.30. The molecule has 0 aliphatic rings. The SMILES string of the molecule is C=CC(C)(CNC)Cc1ccc(Br)cn1. The quantitative estimate of drug-likeness (QED) is 0.831. The van der Waals surface area contributed by atoms with Gasteiger partial charge in [0.2, 0.25) is 0 Å². The summed E-state index contributed by atoms with van der Waals surface area (Å²) in [5.74, 6) is 0. The zero-order chi connectivity index (χ0) is 11.3. The molecule has 15 heavy (non-hydrogen) atoms. The van der Waals surface area contributed by atoms with E-state index in [1.165, 1.54) is 0 Å². The number of pyridine rings is 1. The summed E-state index contributed by atoms with van der Waals surface area (Å²) in [4.78, 5) is 4.37. The highest BCUT2D eigenvalue weighted by atomic mass is 79.9. The Bertz CT molecular complexity index is 321. The third-order valence-corrected chi connectivity index (χ3v) is 2.92. The van der Waals surface area contributed by atoms with Gasteiger partial charge in [0, 0.05) is 28.3 Å². The van der Waals surface area contributed by atoms with Crippen molar-refractivity contribution >= 4 is 15.9 Å². The number of nitrogens with one attached hydrogen (secondary N) is 1. The largest absolute Gasteiger partial charge is 0.319 e. The van der Waals surface area contributed by atoms with Crippen molar-refractivity contribution in [1.29, 1.82) is 0 Å². The van der Waals surface area contributed by atoms with Crippen molar-refractivity contribution in [2.45, 2.75) is 13.3 Å². The number of hydrogen-bond donors (Lipinski definition) is 1. The molecule has 0 bridgehead atoms. The molecule has 1 aromatic heterocycles. The fourth-order valence-electron chi connectivity index (χ4n) is 1.54. The lowest BCUT2D eigenvalue weighted by atomic mass is 9.85. The van der Waals surface area contributed by atoms with E-state index in [-0.39, 0.29) is 5.41 Å². The van der Waals surface area contributed by atoms with E-state index >= 15 is 0 Å². The molecule has 0 aliphatic carbocycles. The lowest BCUT2D eigenvalue weighted by Gasteiger charge is -2.24. The topological polar surface area (TPSA) is 24.9 Å². The second-order valence-electron chi connectivity index (χ2n) is 4.03. The van der Waals surface area contributed by atoms with Crippen LogP contribution in [0.1, 0.15) is 12.6 Å². The van der Waals surface area contributed by atoms with Crippen molar-refractivity contribution < 1.29 is 0 Å². The molecule has 1 heterocycles. The van der Waals surface area contributed by atoms with Crippen molar-refractivity contribution in [1.82, 2.24) is 10.3 Å². The second-order valence-corrected chi connectivity index (χ2v) is 4.95. The van der Waals surface area contributed by atoms with E-state index in [4.69, 9.17) is 0 Å². The minimum Gasteiger partial charge on any atom is -0.319 e. The summed E-state index contributed by atoms with van der Waals surface area (Å²) >= 11 is 3.38. The van der Waals surface area contributed by atoms with Crippen LogP contribution in [0.15, 0.2) is 35.5 Å². The zero-order valence-corrected chi connectivity index (χ0v) is 10.8. The van der Waals surface area contributed by atoms with Crippen molar-refractivity contribution in [2.75, 3.05) is 13.6 Å². The van der Waals surface area contributed by atoms with E-state index in [0.717, 1.165) is 23.1 Å². The first-order valence-electron chi connectivity index (χ1n) is 4.98. The van der Waals surface area contributed by atoms with Crippen LogP contribution in [-0.2, 0) is 6.42 Å². The molecule has 0 saturated heterocycles. The fourth-order valence-corrected chi connectivity index (χ4v) is 1.77. The van der Waals surface area contributed by atoms with Crippen LogP contribution in [0.25, 0.3) is 0 Å². The molecule has 1 aromatic rings. The first-order chi connectivity index (χ1) is 7.09. The van der Waals surface area contributed by atoms with Gasteiger partial charge in [-0.05, 0) is 41.5 Å². The van der Waals surface area contributed by atoms with Crippen LogP contribution in [0.4, 0.5) is 0 Å². The first-order valence-corrected chi connectivity index (χ1v) is 5.77. The third-order valence-electron chi connectivity index (χ3n) is 2.45. The molecule has 1 atom stereocenters. The van der Waals surface area contributed by atoms with Crippen LogP contribution in [0.2, 0.25) is 0 Å². The van der Waals surface area contributed by atoms with Gasteiger partial charge in [-0.15, -0.1) is 6.58 Å². The van der Waals surface area contributed by atoms with Gasteiger partial charge in [0.05, 0.1) is 0 Å². The van der Waals surface area contributed by atoms with E-state index in [1.54, 1.807) is 0 Å². The predicted octanol–water partition coefficient (Wildman–Crippen LogP) is 2.80. The minimum absolute atomic E-state index is 0.0651. The van der Waals surface area contributed by atoms with Crippen molar-refractivity contribution in [3.8, 4) is 0 Å². The van der Waals surface area contributed by atoms with E-state index in [0.29, 0.717) is 0 Å². The fraction of sp³-hybridized carbons (Fsp3) is 0.417. The van der Waals surface area contributed by atoms with Gasteiger partial charge in [0.25, 0.3) is 0 Å². The molecule has 0 saturated carbocycles. The summed E-state index contributed by atoms with van der Waals surface area (Å²) in [5.41, 5.74) is 1.16. The molecule has 1 rings (SSSR count). The molecule has 0 aromatic carbocycles. The van der Waals surface area contributed by atoms with Gasteiger partial charge in [-0.2, -0.15) is 0 Å². The molecule has 0 aliphatic heterocycles. The van der Waals surface area contributed by atoms with Gasteiger partial charge in [-0.1, -0.05) is 13.0 Å². The number of nitrogens with zero attached hydrogens (tertiary/aromatic N) is 1. The van der Waals surface area contributed by atoms with Crippen LogP contribution < -0.4 is 5.32 Å². The molecule has 82 valence electrons. The van der Waals surface area contributed by atoms with E-state index in [2.05, 4.69) is 39.7 Å². The maximum Gasteiger partial charge on any atom is 0.0413 e. The van der Waals surface area contributed by atoms with Gasteiger partial charge in [-0.25, -0.2) is 0 Å². The molecule has 0 spiro atoms. The Hall–Kier alpha value is -0.670. The molecular weight excluding hydrogens is 252 g/mol. The first kappa shape index (κ1) is 12.4. The van der Waals surface area contributed by atoms with Crippen LogP contribution >= 0.6 is 15.9 Å². The normalized spacial score (nSPS) is 14.6. The predicted molar refractivity (Wildman–Crippen MR) is 67.9 cm³/mol. The standard InChI is InChI=1S/C12H17BrN2/c1-4-12(2,9-14-3)7-11-6-5-10(13)8-15-11/h4-6,8,14H,1,7,9H2,2-3H3. The monoisotopic (exact) mass is 268 g/mol. The highest BCUT2D eigenvalue weighted by Gasteiger charge is 2.20. The Kier molecular flexibility index (Phi) is 4.48. The molecule has 0 fully saturated rings. The van der Waals surface area contributed by atoms with Crippen molar-refractivity contribution in [2.24, 2.45) is 5.41 Å². The third kappa shape index (κ3) is 3.76. The zero-order valence-electron chi connectivity index (χ0n) is 9.26. The Labute approximate surface area is 99.9 Å². The van der Waals surface area contributed by atoms with Gasteiger partial charge >= 0.3 is 0 Å². The summed E-state index contributed by atoms with van der Waals surface area (Å²) < 4.78 is 1.01. The molecule has 1 unspecified atom stereocenters.